The minimum absolute atomic E-state index is 0.0689. The van der Waals surface area contributed by atoms with Crippen LogP contribution in [0.15, 0.2) is 39.2 Å². The van der Waals surface area contributed by atoms with Crippen LogP contribution in [0.5, 0.6) is 0 Å². The van der Waals surface area contributed by atoms with Crippen molar-refractivity contribution in [3.8, 4) is 0 Å². The minimum Gasteiger partial charge on any atom is -0.397 e. The Bertz CT molecular complexity index is 741. The van der Waals surface area contributed by atoms with E-state index in [2.05, 4.69) is 9.97 Å². The molecular weight excluding hydrogens is 298 g/mol. The number of anilines is 3. The second-order valence-corrected chi connectivity index (χ2v) is 7.04. The molecule has 20 heavy (non-hydrogen) atoms. The van der Waals surface area contributed by atoms with Crippen LogP contribution in [-0.4, -0.2) is 24.6 Å². The average molecular weight is 311 g/mol. The van der Waals surface area contributed by atoms with Crippen LogP contribution in [0.3, 0.4) is 0 Å². The van der Waals surface area contributed by atoms with Crippen LogP contribution in [0, 0.1) is 0 Å². The average Bonchev–Trinajstić information content (AvgIpc) is 2.29. The Hall–Kier alpha value is -2.00. The zero-order valence-corrected chi connectivity index (χ0v) is 12.2. The minimum atomic E-state index is -3.39. The monoisotopic (exact) mass is 311 g/mol. The third kappa shape index (κ3) is 3.11. The van der Waals surface area contributed by atoms with E-state index < -0.39 is 9.84 Å². The predicted molar refractivity (Wildman–Crippen MR) is 78.9 cm³/mol. The molecule has 9 heteroatoms. The van der Waals surface area contributed by atoms with Crippen molar-refractivity contribution in [2.45, 2.75) is 14.9 Å². The van der Waals surface area contributed by atoms with Gasteiger partial charge in [-0.3, -0.25) is 0 Å². The van der Waals surface area contributed by atoms with E-state index in [9.17, 15) is 8.42 Å². The highest BCUT2D eigenvalue weighted by atomic mass is 32.2. The van der Waals surface area contributed by atoms with E-state index in [-0.39, 0.29) is 22.2 Å². The Morgan fingerprint density at radius 2 is 1.70 bits per heavy atom. The van der Waals surface area contributed by atoms with Crippen molar-refractivity contribution in [2.24, 2.45) is 0 Å². The first-order chi connectivity index (χ1) is 9.27. The Labute approximate surface area is 120 Å². The van der Waals surface area contributed by atoms with Gasteiger partial charge < -0.3 is 17.2 Å². The van der Waals surface area contributed by atoms with Crippen molar-refractivity contribution < 1.29 is 8.42 Å². The molecule has 0 saturated carbocycles. The Morgan fingerprint density at radius 3 is 2.25 bits per heavy atom. The fraction of sp³-hybridized carbons (Fsp3) is 0.0909. The Morgan fingerprint density at radius 1 is 1.10 bits per heavy atom. The summed E-state index contributed by atoms with van der Waals surface area (Å²) >= 11 is 1.10. The molecular formula is C11H13N5O2S2. The van der Waals surface area contributed by atoms with Gasteiger partial charge in [0.15, 0.2) is 15.0 Å². The van der Waals surface area contributed by atoms with Gasteiger partial charge >= 0.3 is 0 Å². The largest absolute Gasteiger partial charge is 0.397 e. The van der Waals surface area contributed by atoms with Gasteiger partial charge in [-0.15, -0.1) is 0 Å². The van der Waals surface area contributed by atoms with E-state index in [0.29, 0.717) is 10.1 Å². The van der Waals surface area contributed by atoms with Crippen molar-refractivity contribution in [1.29, 1.82) is 0 Å². The van der Waals surface area contributed by atoms with Crippen LogP contribution in [-0.2, 0) is 9.84 Å². The van der Waals surface area contributed by atoms with Gasteiger partial charge in [0.05, 0.1) is 10.6 Å². The van der Waals surface area contributed by atoms with Crippen molar-refractivity contribution in [3.05, 3.63) is 24.3 Å². The summed E-state index contributed by atoms with van der Waals surface area (Å²) in [5.74, 6) is 0.468. The Balaban J connectivity index is 2.44. The van der Waals surface area contributed by atoms with E-state index in [1.807, 2.05) is 0 Å². The summed E-state index contributed by atoms with van der Waals surface area (Å²) in [5, 5.41) is 0.305. The third-order valence-electron chi connectivity index (χ3n) is 2.37. The van der Waals surface area contributed by atoms with Gasteiger partial charge in [-0.2, -0.15) is 0 Å². The molecule has 0 unspecified atom stereocenters. The maximum Gasteiger partial charge on any atom is 0.196 e. The molecule has 1 heterocycles. The molecule has 0 aliphatic carbocycles. The van der Waals surface area contributed by atoms with E-state index in [0.717, 1.165) is 18.0 Å². The number of benzene rings is 1. The molecule has 0 saturated heterocycles. The second kappa shape index (κ2) is 5.17. The lowest BCUT2D eigenvalue weighted by molar-refractivity contribution is 0.602. The van der Waals surface area contributed by atoms with E-state index in [1.165, 1.54) is 12.1 Å². The molecule has 6 N–H and O–H groups in total. The third-order valence-corrected chi connectivity index (χ3v) is 4.47. The number of hydrogen-bond acceptors (Lipinski definition) is 8. The molecule has 0 amide bonds. The first-order valence-electron chi connectivity index (χ1n) is 5.44. The van der Waals surface area contributed by atoms with Crippen LogP contribution in [0.25, 0.3) is 0 Å². The summed E-state index contributed by atoms with van der Waals surface area (Å²) in [6.07, 6.45) is 1.10. The zero-order chi connectivity index (χ0) is 14.9. The van der Waals surface area contributed by atoms with Crippen LogP contribution in [0.2, 0.25) is 0 Å². The van der Waals surface area contributed by atoms with Crippen LogP contribution in [0.4, 0.5) is 17.3 Å². The molecule has 1 aromatic carbocycles. The highest BCUT2D eigenvalue weighted by molar-refractivity contribution is 7.99. The number of para-hydroxylation sites is 1. The molecule has 0 aliphatic heterocycles. The summed E-state index contributed by atoms with van der Waals surface area (Å²) in [7, 11) is -3.39. The Kier molecular flexibility index (Phi) is 3.73. The van der Waals surface area contributed by atoms with E-state index in [1.54, 1.807) is 12.1 Å². The first kappa shape index (κ1) is 14.4. The first-order valence-corrected chi connectivity index (χ1v) is 8.14. The molecule has 0 aliphatic rings. The molecule has 0 fully saturated rings. The summed E-state index contributed by atoms with van der Waals surface area (Å²) in [5.41, 5.74) is 17.2. The summed E-state index contributed by atoms with van der Waals surface area (Å²) in [6.45, 7) is 0. The van der Waals surface area contributed by atoms with E-state index in [4.69, 9.17) is 17.2 Å². The number of nitrogens with two attached hydrogens (primary N) is 3. The van der Waals surface area contributed by atoms with Gasteiger partial charge in [0.25, 0.3) is 0 Å². The normalized spacial score (nSPS) is 11.4. The lowest BCUT2D eigenvalue weighted by Crippen LogP contribution is -2.04. The molecule has 0 spiro atoms. The van der Waals surface area contributed by atoms with Crippen LogP contribution in [0.1, 0.15) is 0 Å². The molecule has 106 valence electrons. The van der Waals surface area contributed by atoms with Gasteiger partial charge in [0.1, 0.15) is 11.6 Å². The fourth-order valence-corrected chi connectivity index (χ4v) is 3.31. The molecule has 0 atom stereocenters. The van der Waals surface area contributed by atoms with Crippen molar-refractivity contribution in [3.63, 3.8) is 0 Å². The number of aromatic nitrogens is 2. The van der Waals surface area contributed by atoms with Crippen molar-refractivity contribution in [1.82, 2.24) is 9.97 Å². The van der Waals surface area contributed by atoms with Gasteiger partial charge in [0, 0.05) is 17.2 Å². The van der Waals surface area contributed by atoms with Crippen molar-refractivity contribution >= 4 is 38.9 Å². The summed E-state index contributed by atoms with van der Waals surface area (Å²) in [4.78, 5) is 8.61. The number of nitrogens with zero attached hydrogens (tertiary/aromatic N) is 2. The van der Waals surface area contributed by atoms with Gasteiger partial charge in [0.2, 0.25) is 0 Å². The predicted octanol–water partition coefficient (Wildman–Crippen LogP) is 0.778. The maximum atomic E-state index is 11.6. The second-order valence-electron chi connectivity index (χ2n) is 4.04. The number of hydrogen-bond donors (Lipinski definition) is 3. The van der Waals surface area contributed by atoms with E-state index >= 15 is 0 Å². The summed E-state index contributed by atoms with van der Waals surface area (Å²) in [6, 6.07) is 6.16. The lowest BCUT2D eigenvalue weighted by Gasteiger charge is -2.09. The topological polar surface area (TPSA) is 138 Å². The fourth-order valence-electron chi connectivity index (χ4n) is 1.54. The number of sulfone groups is 1. The molecule has 2 rings (SSSR count). The molecule has 0 bridgehead atoms. The van der Waals surface area contributed by atoms with Crippen molar-refractivity contribution in [2.75, 3.05) is 23.5 Å². The molecule has 0 radical (unpaired) electrons. The van der Waals surface area contributed by atoms with Gasteiger partial charge in [-0.1, -0.05) is 6.07 Å². The zero-order valence-electron chi connectivity index (χ0n) is 10.6. The van der Waals surface area contributed by atoms with Gasteiger partial charge in [-0.05, 0) is 23.9 Å². The number of rotatable bonds is 3. The van der Waals surface area contributed by atoms with Crippen LogP contribution >= 0.6 is 11.8 Å². The number of nitrogen functional groups attached to an aromatic ring is 3. The standard InChI is InChI=1S/C11H13N5O2S2/c1-20(17,18)7-4-2-3-6(10(7)14)19-11-15-8(12)5-9(13)16-11/h2-5H,14H2,1H3,(H4,12,13,15,16). The van der Waals surface area contributed by atoms with Gasteiger partial charge in [-0.25, -0.2) is 18.4 Å². The molecule has 7 nitrogen and oxygen atoms in total. The highest BCUT2D eigenvalue weighted by Crippen LogP contribution is 2.34. The SMILES string of the molecule is CS(=O)(=O)c1cccc(Sc2nc(N)cc(N)n2)c1N. The molecule has 1 aromatic heterocycles. The smallest absolute Gasteiger partial charge is 0.196 e. The lowest BCUT2D eigenvalue weighted by atomic mass is 10.3. The van der Waals surface area contributed by atoms with Crippen LogP contribution < -0.4 is 17.2 Å². The maximum absolute atomic E-state index is 11.6. The summed E-state index contributed by atoms with van der Waals surface area (Å²) < 4.78 is 23.2. The quantitative estimate of drug-likeness (QED) is 0.558. The molecule has 2 aromatic rings. The highest BCUT2D eigenvalue weighted by Gasteiger charge is 2.15.